The molecule has 5 rings (SSSR count). The van der Waals surface area contributed by atoms with Crippen LogP contribution in [0, 0.1) is 11.7 Å². The summed E-state index contributed by atoms with van der Waals surface area (Å²) in [5.74, 6) is -1.52. The fraction of sp³-hybridized carbons (Fsp3) is 0.414. The van der Waals surface area contributed by atoms with Gasteiger partial charge < -0.3 is 30.0 Å². The van der Waals surface area contributed by atoms with Gasteiger partial charge in [0.15, 0.2) is 5.83 Å². The van der Waals surface area contributed by atoms with Crippen molar-refractivity contribution in [3.8, 4) is 5.75 Å². The van der Waals surface area contributed by atoms with E-state index in [0.29, 0.717) is 61.1 Å². The molecule has 1 amide bonds. The zero-order valence-corrected chi connectivity index (χ0v) is 23.6. The standard InChI is InChI=1S/C29H32ClF2N5O5/c30-22-11-19(1-2-23(22)31)35-28-21-12-26(27(13-25(21)33-17-34-28)42-16-18-5-9-40-15-18)36-29(39)24(32)4-7-37-6-3-20(14-37)41-10-8-38/h1-2,4,11-13,17-18,20,38H,3,5-10,14-16H2,(H,36,39)(H,33,34,35)/b24-4+/t18-,20+/m0/s1. The summed E-state index contributed by atoms with van der Waals surface area (Å²) in [4.78, 5) is 23.5. The van der Waals surface area contributed by atoms with Gasteiger partial charge in [-0.25, -0.2) is 18.7 Å². The highest BCUT2D eigenvalue weighted by atomic mass is 35.5. The van der Waals surface area contributed by atoms with E-state index in [-0.39, 0.29) is 42.5 Å². The summed E-state index contributed by atoms with van der Waals surface area (Å²) >= 11 is 5.93. The predicted octanol–water partition coefficient (Wildman–Crippen LogP) is 4.46. The van der Waals surface area contributed by atoms with E-state index in [2.05, 4.69) is 20.6 Å². The Morgan fingerprint density at radius 2 is 2.14 bits per heavy atom. The number of anilines is 3. The van der Waals surface area contributed by atoms with Gasteiger partial charge in [-0.1, -0.05) is 11.6 Å². The van der Waals surface area contributed by atoms with Crippen LogP contribution in [0.25, 0.3) is 10.9 Å². The van der Waals surface area contributed by atoms with Gasteiger partial charge in [0.1, 0.15) is 23.7 Å². The monoisotopic (exact) mass is 603 g/mol. The number of ether oxygens (including phenoxy) is 3. The lowest BCUT2D eigenvalue weighted by Crippen LogP contribution is -2.25. The number of aliphatic hydroxyl groups excluding tert-OH is 1. The van der Waals surface area contributed by atoms with Crippen molar-refractivity contribution >= 4 is 45.6 Å². The summed E-state index contributed by atoms with van der Waals surface area (Å²) in [6.45, 7) is 3.32. The van der Waals surface area contributed by atoms with Crippen molar-refractivity contribution in [2.45, 2.75) is 18.9 Å². The Kier molecular flexibility index (Phi) is 10.1. The molecule has 2 aliphatic heterocycles. The molecular formula is C29H32ClF2N5O5. The zero-order valence-electron chi connectivity index (χ0n) is 22.8. The first-order chi connectivity index (χ1) is 20.4. The van der Waals surface area contributed by atoms with Gasteiger partial charge in [0.05, 0.1) is 48.8 Å². The number of carbonyl (C=O) groups is 1. The SMILES string of the molecule is O=C(Nc1cc2c(Nc3ccc(F)c(Cl)c3)ncnc2cc1OC[C@H]1CCOC1)/C(F)=C\CN1CC[C@@H](OCCO)C1. The topological polar surface area (TPSA) is 118 Å². The Labute approximate surface area is 246 Å². The third kappa shape index (κ3) is 7.69. The van der Waals surface area contributed by atoms with Crippen molar-refractivity contribution in [2.24, 2.45) is 5.92 Å². The van der Waals surface area contributed by atoms with Crippen LogP contribution in [0.3, 0.4) is 0 Å². The van der Waals surface area contributed by atoms with Crippen LogP contribution in [0.15, 0.2) is 48.6 Å². The molecule has 2 fully saturated rings. The van der Waals surface area contributed by atoms with Gasteiger partial charge in [-0.15, -0.1) is 0 Å². The lowest BCUT2D eigenvalue weighted by molar-refractivity contribution is -0.114. The average molecular weight is 604 g/mol. The molecule has 0 bridgehead atoms. The number of likely N-dealkylation sites (tertiary alicyclic amines) is 1. The van der Waals surface area contributed by atoms with E-state index in [1.54, 1.807) is 12.1 Å². The number of hydrogen-bond acceptors (Lipinski definition) is 9. The number of amides is 1. The molecule has 3 aromatic rings. The molecule has 2 aromatic carbocycles. The number of aromatic nitrogens is 2. The van der Waals surface area contributed by atoms with Crippen LogP contribution in [-0.4, -0.2) is 84.7 Å². The van der Waals surface area contributed by atoms with Gasteiger partial charge in [0, 0.05) is 49.3 Å². The zero-order chi connectivity index (χ0) is 29.5. The molecule has 3 heterocycles. The van der Waals surface area contributed by atoms with Gasteiger partial charge in [0.2, 0.25) is 0 Å². The number of hydrogen-bond donors (Lipinski definition) is 3. The minimum Gasteiger partial charge on any atom is -0.491 e. The van der Waals surface area contributed by atoms with Crippen LogP contribution in [0.4, 0.5) is 26.0 Å². The third-order valence-corrected chi connectivity index (χ3v) is 7.37. The molecular weight excluding hydrogens is 572 g/mol. The quantitative estimate of drug-likeness (QED) is 0.258. The van der Waals surface area contributed by atoms with Crippen molar-refractivity contribution < 1.29 is 32.9 Å². The summed E-state index contributed by atoms with van der Waals surface area (Å²) in [5.41, 5.74) is 1.25. The lowest BCUT2D eigenvalue weighted by atomic mass is 10.1. The highest BCUT2D eigenvalue weighted by Crippen LogP contribution is 2.35. The van der Waals surface area contributed by atoms with E-state index in [9.17, 15) is 13.6 Å². The highest BCUT2D eigenvalue weighted by molar-refractivity contribution is 6.31. The van der Waals surface area contributed by atoms with E-state index in [1.165, 1.54) is 30.6 Å². The molecule has 13 heteroatoms. The average Bonchev–Trinajstić information content (AvgIpc) is 3.68. The number of aliphatic hydroxyl groups is 1. The Balaban J connectivity index is 1.36. The summed E-state index contributed by atoms with van der Waals surface area (Å²) in [6, 6.07) is 7.44. The lowest BCUT2D eigenvalue weighted by Gasteiger charge is -2.17. The van der Waals surface area contributed by atoms with E-state index >= 15 is 0 Å². The first-order valence-electron chi connectivity index (χ1n) is 13.7. The first-order valence-corrected chi connectivity index (χ1v) is 14.1. The number of halogens is 3. The van der Waals surface area contributed by atoms with Gasteiger partial charge in [-0.05, 0) is 43.2 Å². The molecule has 0 unspecified atom stereocenters. The van der Waals surface area contributed by atoms with E-state index in [1.807, 2.05) is 4.90 Å². The fourth-order valence-electron chi connectivity index (χ4n) is 4.84. The number of benzene rings is 2. The van der Waals surface area contributed by atoms with Crippen LogP contribution >= 0.6 is 11.6 Å². The van der Waals surface area contributed by atoms with Gasteiger partial charge in [-0.2, -0.15) is 0 Å². The van der Waals surface area contributed by atoms with Crippen LogP contribution in [0.5, 0.6) is 5.75 Å². The van der Waals surface area contributed by atoms with Crippen molar-refractivity contribution in [1.82, 2.24) is 14.9 Å². The third-order valence-electron chi connectivity index (χ3n) is 7.09. The predicted molar refractivity (Wildman–Crippen MR) is 154 cm³/mol. The van der Waals surface area contributed by atoms with Crippen LogP contribution < -0.4 is 15.4 Å². The largest absolute Gasteiger partial charge is 0.491 e. The number of carbonyl (C=O) groups excluding carboxylic acids is 1. The second-order valence-electron chi connectivity index (χ2n) is 10.2. The minimum absolute atomic E-state index is 0.0269. The fourth-order valence-corrected chi connectivity index (χ4v) is 5.02. The summed E-state index contributed by atoms with van der Waals surface area (Å²) in [6.07, 6.45) is 4.19. The summed E-state index contributed by atoms with van der Waals surface area (Å²) in [7, 11) is 0. The molecule has 10 nitrogen and oxygen atoms in total. The van der Waals surface area contributed by atoms with Crippen molar-refractivity contribution in [3.05, 3.63) is 59.4 Å². The molecule has 0 aliphatic carbocycles. The molecule has 42 heavy (non-hydrogen) atoms. The van der Waals surface area contributed by atoms with Gasteiger partial charge >= 0.3 is 0 Å². The van der Waals surface area contributed by atoms with Gasteiger partial charge in [-0.3, -0.25) is 9.69 Å². The minimum atomic E-state index is -0.936. The van der Waals surface area contributed by atoms with Crippen LogP contribution in [0.1, 0.15) is 12.8 Å². The van der Waals surface area contributed by atoms with Crippen molar-refractivity contribution in [2.75, 3.05) is 63.3 Å². The molecule has 2 aliphatic rings. The molecule has 3 N–H and O–H groups in total. The molecule has 1 aromatic heterocycles. The van der Waals surface area contributed by atoms with Crippen LogP contribution in [0.2, 0.25) is 5.02 Å². The smallest absolute Gasteiger partial charge is 0.284 e. The second-order valence-corrected chi connectivity index (χ2v) is 10.6. The van der Waals surface area contributed by atoms with Gasteiger partial charge in [0.25, 0.3) is 5.91 Å². The van der Waals surface area contributed by atoms with Crippen LogP contribution in [-0.2, 0) is 14.3 Å². The maximum atomic E-state index is 15.0. The summed E-state index contributed by atoms with van der Waals surface area (Å²) in [5, 5.41) is 15.1. The Bertz CT molecular complexity index is 1440. The second kappa shape index (κ2) is 14.2. The molecule has 224 valence electrons. The Morgan fingerprint density at radius 1 is 1.26 bits per heavy atom. The molecule has 0 saturated carbocycles. The van der Waals surface area contributed by atoms with E-state index in [0.717, 1.165) is 12.8 Å². The number of rotatable bonds is 12. The van der Waals surface area contributed by atoms with Crippen molar-refractivity contribution in [1.29, 1.82) is 0 Å². The van der Waals surface area contributed by atoms with E-state index in [4.69, 9.17) is 30.9 Å². The highest BCUT2D eigenvalue weighted by Gasteiger charge is 2.23. The molecule has 0 radical (unpaired) electrons. The molecule has 2 saturated heterocycles. The Morgan fingerprint density at radius 3 is 2.93 bits per heavy atom. The molecule has 0 spiro atoms. The maximum absolute atomic E-state index is 15.0. The molecule has 2 atom stereocenters. The maximum Gasteiger partial charge on any atom is 0.284 e. The van der Waals surface area contributed by atoms with Crippen molar-refractivity contribution in [3.63, 3.8) is 0 Å². The van der Waals surface area contributed by atoms with E-state index < -0.39 is 17.6 Å². The first kappa shape index (κ1) is 30.1. The normalized spacial score (nSPS) is 19.4. The summed E-state index contributed by atoms with van der Waals surface area (Å²) < 4.78 is 45.7. The Hall–Kier alpha value is -3.42. The number of nitrogens with zero attached hydrogens (tertiary/aromatic N) is 3. The number of nitrogens with one attached hydrogen (secondary N) is 2. The number of fused-ring (bicyclic) bond motifs is 1.